The molecule has 0 spiro atoms. The summed E-state index contributed by atoms with van der Waals surface area (Å²) in [5.74, 6) is 2.29. The van der Waals surface area contributed by atoms with Gasteiger partial charge in [0.25, 0.3) is 0 Å². The molecule has 98 valence electrons. The molecule has 2 heterocycles. The van der Waals surface area contributed by atoms with E-state index in [0.29, 0.717) is 17.4 Å². The lowest BCUT2D eigenvalue weighted by Crippen LogP contribution is -2.33. The quantitative estimate of drug-likeness (QED) is 0.916. The molecule has 3 nitrogen and oxygen atoms in total. The minimum Gasteiger partial charge on any atom is -0.312 e. The summed E-state index contributed by atoms with van der Waals surface area (Å²) >= 11 is 1.90. The van der Waals surface area contributed by atoms with Gasteiger partial charge in [-0.2, -0.15) is 0 Å². The zero-order chi connectivity index (χ0) is 12.6. The molecule has 0 aromatic heterocycles. The van der Waals surface area contributed by atoms with E-state index in [0.717, 1.165) is 18.7 Å². The van der Waals surface area contributed by atoms with Gasteiger partial charge >= 0.3 is 0 Å². The van der Waals surface area contributed by atoms with Crippen molar-refractivity contribution in [1.82, 2.24) is 5.32 Å². The van der Waals surface area contributed by atoms with Crippen molar-refractivity contribution in [2.24, 2.45) is 0 Å². The minimum atomic E-state index is -2.77. The van der Waals surface area contributed by atoms with Crippen LogP contribution < -0.4 is 5.32 Å². The van der Waals surface area contributed by atoms with Gasteiger partial charge in [-0.3, -0.25) is 0 Å². The van der Waals surface area contributed by atoms with Crippen molar-refractivity contribution in [3.05, 3.63) is 29.8 Å². The Morgan fingerprint density at radius 3 is 2.94 bits per heavy atom. The predicted molar refractivity (Wildman–Crippen MR) is 75.0 cm³/mol. The van der Waals surface area contributed by atoms with E-state index < -0.39 is 9.84 Å². The second kappa shape index (κ2) is 4.87. The minimum absolute atomic E-state index is 0.160. The second-order valence-corrected chi connectivity index (χ2v) is 8.34. The third-order valence-corrected chi connectivity index (χ3v) is 6.70. The number of nitrogens with one attached hydrogen (secondary N) is 1. The molecule has 0 amide bonds. The van der Waals surface area contributed by atoms with E-state index in [9.17, 15) is 8.42 Å². The Hall–Kier alpha value is -0.520. The van der Waals surface area contributed by atoms with E-state index in [4.69, 9.17) is 0 Å². The summed E-state index contributed by atoms with van der Waals surface area (Å²) in [5.41, 5.74) is 1.41. The van der Waals surface area contributed by atoms with Gasteiger partial charge in [-0.05, 0) is 18.1 Å². The lowest BCUT2D eigenvalue weighted by atomic mass is 10.0. The zero-order valence-electron chi connectivity index (χ0n) is 10.1. The van der Waals surface area contributed by atoms with E-state index in [1.807, 2.05) is 11.8 Å². The fraction of sp³-hybridized carbons (Fsp3) is 0.538. The van der Waals surface area contributed by atoms with Crippen LogP contribution in [0, 0.1) is 0 Å². The molecule has 5 heteroatoms. The molecule has 1 N–H and O–H groups in total. The standard InChI is InChI=1S/C13H17NO2S2/c15-18(16)6-5-11(9-18)14-7-10-8-17-13-4-2-1-3-12(10)13/h1-4,10-11,14H,5-9H2. The largest absolute Gasteiger partial charge is 0.312 e. The zero-order valence-corrected chi connectivity index (χ0v) is 11.8. The molecule has 0 aliphatic carbocycles. The molecule has 0 radical (unpaired) electrons. The van der Waals surface area contributed by atoms with E-state index in [1.54, 1.807) is 0 Å². The summed E-state index contributed by atoms with van der Waals surface area (Å²) in [6, 6.07) is 8.67. The van der Waals surface area contributed by atoms with Gasteiger partial charge in [-0.25, -0.2) is 8.42 Å². The summed E-state index contributed by atoms with van der Waals surface area (Å²) < 4.78 is 22.8. The lowest BCUT2D eigenvalue weighted by molar-refractivity contribution is 0.527. The average Bonchev–Trinajstić information content (AvgIpc) is 2.90. The molecule has 0 saturated carbocycles. The van der Waals surface area contributed by atoms with Crippen LogP contribution >= 0.6 is 11.8 Å². The fourth-order valence-electron chi connectivity index (χ4n) is 2.66. The van der Waals surface area contributed by atoms with Crippen molar-refractivity contribution in [1.29, 1.82) is 0 Å². The molecule has 1 fully saturated rings. The molecule has 2 unspecified atom stereocenters. The van der Waals surface area contributed by atoms with E-state index in [1.165, 1.54) is 10.5 Å². The summed E-state index contributed by atoms with van der Waals surface area (Å²) in [6.45, 7) is 0.893. The van der Waals surface area contributed by atoms with Gasteiger partial charge in [0.15, 0.2) is 9.84 Å². The molecule has 3 rings (SSSR count). The van der Waals surface area contributed by atoms with Crippen molar-refractivity contribution >= 4 is 21.6 Å². The maximum Gasteiger partial charge on any atom is 0.151 e. The fourth-order valence-corrected chi connectivity index (χ4v) is 5.63. The van der Waals surface area contributed by atoms with Gasteiger partial charge in [0.1, 0.15) is 0 Å². The van der Waals surface area contributed by atoms with Crippen LogP contribution in [-0.2, 0) is 9.84 Å². The molecule has 1 aromatic carbocycles. The average molecular weight is 283 g/mol. The smallest absolute Gasteiger partial charge is 0.151 e. The number of hydrogen-bond acceptors (Lipinski definition) is 4. The molecule has 18 heavy (non-hydrogen) atoms. The van der Waals surface area contributed by atoms with Gasteiger partial charge in [-0.15, -0.1) is 11.8 Å². The van der Waals surface area contributed by atoms with Crippen molar-refractivity contribution in [3.63, 3.8) is 0 Å². The highest BCUT2D eigenvalue weighted by Crippen LogP contribution is 2.38. The summed E-state index contributed by atoms with van der Waals surface area (Å²) in [6.07, 6.45) is 0.768. The number of hydrogen-bond donors (Lipinski definition) is 1. The van der Waals surface area contributed by atoms with Gasteiger partial charge in [-0.1, -0.05) is 18.2 Å². The Bertz CT molecular complexity index is 542. The number of rotatable bonds is 3. The molecule has 0 bridgehead atoms. The van der Waals surface area contributed by atoms with Crippen LogP contribution in [0.15, 0.2) is 29.2 Å². The molecule has 2 atom stereocenters. The second-order valence-electron chi connectivity index (χ2n) is 5.05. The predicted octanol–water partition coefficient (Wildman–Crippen LogP) is 1.65. The van der Waals surface area contributed by atoms with E-state index >= 15 is 0 Å². The number of sulfone groups is 1. The first-order valence-corrected chi connectivity index (χ1v) is 9.10. The number of benzene rings is 1. The highest BCUT2D eigenvalue weighted by atomic mass is 32.2. The molecule has 1 aromatic rings. The molecular formula is C13H17NO2S2. The Morgan fingerprint density at radius 1 is 1.33 bits per heavy atom. The highest BCUT2D eigenvalue weighted by Gasteiger charge is 2.29. The van der Waals surface area contributed by atoms with Gasteiger partial charge in [0.2, 0.25) is 0 Å². The van der Waals surface area contributed by atoms with Gasteiger partial charge in [0.05, 0.1) is 11.5 Å². The normalized spacial score (nSPS) is 29.3. The molecular weight excluding hydrogens is 266 g/mol. The van der Waals surface area contributed by atoms with E-state index in [-0.39, 0.29) is 6.04 Å². The SMILES string of the molecule is O=S1(=O)CCC(NCC2CSc3ccccc32)C1. The lowest BCUT2D eigenvalue weighted by Gasteiger charge is -2.15. The van der Waals surface area contributed by atoms with Crippen molar-refractivity contribution in [2.45, 2.75) is 23.3 Å². The number of thioether (sulfide) groups is 1. The third kappa shape index (κ3) is 2.58. The summed E-state index contributed by atoms with van der Waals surface area (Å²) in [7, 11) is -2.77. The number of fused-ring (bicyclic) bond motifs is 1. The molecule has 2 aliphatic rings. The monoisotopic (exact) mass is 283 g/mol. The van der Waals surface area contributed by atoms with Crippen molar-refractivity contribution in [3.8, 4) is 0 Å². The van der Waals surface area contributed by atoms with Gasteiger partial charge in [0, 0.05) is 29.2 Å². The first kappa shape index (κ1) is 12.5. The maximum atomic E-state index is 11.4. The van der Waals surface area contributed by atoms with Crippen LogP contribution in [0.25, 0.3) is 0 Å². The Kier molecular flexibility index (Phi) is 3.38. The third-order valence-electron chi connectivity index (χ3n) is 3.68. The van der Waals surface area contributed by atoms with Crippen LogP contribution in [0.2, 0.25) is 0 Å². The van der Waals surface area contributed by atoms with Crippen molar-refractivity contribution < 1.29 is 8.42 Å². The van der Waals surface area contributed by atoms with Crippen LogP contribution in [0.4, 0.5) is 0 Å². The first-order chi connectivity index (χ1) is 8.64. The Balaban J connectivity index is 1.59. The van der Waals surface area contributed by atoms with Crippen LogP contribution in [0.1, 0.15) is 17.9 Å². The first-order valence-electron chi connectivity index (χ1n) is 6.29. The summed E-state index contributed by atoms with van der Waals surface area (Å²) in [5, 5.41) is 3.43. The molecule has 2 aliphatic heterocycles. The topological polar surface area (TPSA) is 46.2 Å². The van der Waals surface area contributed by atoms with Crippen molar-refractivity contribution in [2.75, 3.05) is 23.8 Å². The molecule has 1 saturated heterocycles. The maximum absolute atomic E-state index is 11.4. The van der Waals surface area contributed by atoms with E-state index in [2.05, 4.69) is 29.6 Å². The van der Waals surface area contributed by atoms with Crippen LogP contribution in [0.3, 0.4) is 0 Å². The Labute approximate surface area is 112 Å². The van der Waals surface area contributed by atoms with Crippen LogP contribution in [-0.4, -0.2) is 38.3 Å². The summed E-state index contributed by atoms with van der Waals surface area (Å²) in [4.78, 5) is 1.38. The van der Waals surface area contributed by atoms with Gasteiger partial charge < -0.3 is 5.32 Å². The highest BCUT2D eigenvalue weighted by molar-refractivity contribution is 7.99. The van der Waals surface area contributed by atoms with Crippen LogP contribution in [0.5, 0.6) is 0 Å². The Morgan fingerprint density at radius 2 is 2.17 bits per heavy atom.